The first-order chi connectivity index (χ1) is 13.1. The number of nitrogen functional groups attached to an aromatic ring is 1. The molecule has 0 radical (unpaired) electrons. The number of para-hydroxylation sites is 1. The van der Waals surface area contributed by atoms with Crippen molar-refractivity contribution in [3.05, 3.63) is 30.1 Å². The molecule has 0 saturated heterocycles. The van der Waals surface area contributed by atoms with Gasteiger partial charge in [0.1, 0.15) is 11.3 Å². The van der Waals surface area contributed by atoms with Gasteiger partial charge in [-0.25, -0.2) is 14.8 Å². The van der Waals surface area contributed by atoms with Gasteiger partial charge >= 0.3 is 12.1 Å². The van der Waals surface area contributed by atoms with Crippen LogP contribution in [0.1, 0.15) is 19.7 Å². The molecule has 0 atom stereocenters. The van der Waals surface area contributed by atoms with Crippen LogP contribution in [0.3, 0.4) is 0 Å². The number of aromatic nitrogens is 3. The molecule has 0 unspecified atom stereocenters. The maximum absolute atomic E-state index is 12.4. The number of hydrogen-bond acceptors (Lipinski definition) is 6. The molecule has 0 amide bonds. The number of halogens is 3. The zero-order valence-electron chi connectivity index (χ0n) is 15.6. The van der Waals surface area contributed by atoms with E-state index >= 15 is 0 Å². The van der Waals surface area contributed by atoms with E-state index in [2.05, 4.69) is 14.8 Å². The summed E-state index contributed by atoms with van der Waals surface area (Å²) in [6.45, 7) is 4.43. The number of hydrogen-bond donors (Lipinski definition) is 1. The van der Waals surface area contributed by atoms with Gasteiger partial charge in [-0.1, -0.05) is 32.0 Å². The van der Waals surface area contributed by atoms with E-state index in [1.807, 2.05) is 42.7 Å². The van der Waals surface area contributed by atoms with Gasteiger partial charge in [0.2, 0.25) is 0 Å². The molecule has 2 aromatic heterocycles. The minimum atomic E-state index is -5.07. The second kappa shape index (κ2) is 7.27. The first kappa shape index (κ1) is 19.9. The molecule has 150 valence electrons. The summed E-state index contributed by atoms with van der Waals surface area (Å²) in [6.07, 6.45) is -5.07. The summed E-state index contributed by atoms with van der Waals surface area (Å²) in [5.41, 5.74) is 7.98. The van der Waals surface area contributed by atoms with E-state index in [1.165, 1.54) is 7.05 Å². The topological polar surface area (TPSA) is 86.3 Å². The van der Waals surface area contributed by atoms with Gasteiger partial charge in [0.15, 0.2) is 5.82 Å². The van der Waals surface area contributed by atoms with E-state index in [1.54, 1.807) is 0 Å². The van der Waals surface area contributed by atoms with Crippen LogP contribution in [0.2, 0.25) is 0 Å². The number of rotatable bonds is 5. The molecule has 10 heteroatoms. The molecule has 1 aromatic carbocycles. The van der Waals surface area contributed by atoms with Crippen LogP contribution >= 0.6 is 0 Å². The predicted molar refractivity (Wildman–Crippen MR) is 97.9 cm³/mol. The Hall–Kier alpha value is -2.88. The largest absolute Gasteiger partial charge is 0.492 e. The van der Waals surface area contributed by atoms with E-state index in [4.69, 9.17) is 5.73 Å². The number of carbonyl (C=O) groups is 1. The van der Waals surface area contributed by atoms with E-state index < -0.39 is 12.1 Å². The van der Waals surface area contributed by atoms with E-state index in [0.29, 0.717) is 23.4 Å². The maximum Gasteiger partial charge on any atom is 0.492 e. The number of nitrogens with zero attached hydrogens (tertiary/aromatic N) is 4. The van der Waals surface area contributed by atoms with Gasteiger partial charge in [-0.05, 0) is 12.0 Å². The number of carbonyl (C=O) groups excluding carboxylic acids is 1. The number of imidazole rings is 1. The highest BCUT2D eigenvalue weighted by Gasteiger charge is 2.42. The Labute approximate surface area is 158 Å². The van der Waals surface area contributed by atoms with Gasteiger partial charge < -0.3 is 15.1 Å². The second-order valence-electron chi connectivity index (χ2n) is 6.91. The Kier molecular flexibility index (Phi) is 5.16. The Morgan fingerprint density at radius 1 is 1.29 bits per heavy atom. The Morgan fingerprint density at radius 3 is 2.61 bits per heavy atom. The molecule has 0 aliphatic rings. The lowest BCUT2D eigenvalue weighted by Crippen LogP contribution is -2.33. The average molecular weight is 395 g/mol. The van der Waals surface area contributed by atoms with Crippen LogP contribution < -0.4 is 5.73 Å². The third-order valence-corrected chi connectivity index (χ3v) is 4.07. The van der Waals surface area contributed by atoms with Crippen molar-refractivity contribution >= 4 is 33.7 Å². The van der Waals surface area contributed by atoms with E-state index in [9.17, 15) is 18.0 Å². The third kappa shape index (κ3) is 3.86. The lowest BCUT2D eigenvalue weighted by Gasteiger charge is -2.18. The van der Waals surface area contributed by atoms with Crippen molar-refractivity contribution in [2.24, 2.45) is 5.92 Å². The molecular formula is C18H20F3N5O2. The molecule has 28 heavy (non-hydrogen) atoms. The molecule has 2 N–H and O–H groups in total. The summed E-state index contributed by atoms with van der Waals surface area (Å²) in [6, 6.07) is 7.42. The zero-order chi connectivity index (χ0) is 20.6. The molecule has 0 spiro atoms. The molecule has 7 nitrogen and oxygen atoms in total. The molecule has 0 saturated carbocycles. The predicted octanol–water partition coefficient (Wildman–Crippen LogP) is 3.28. The quantitative estimate of drug-likeness (QED) is 0.668. The number of pyridine rings is 1. The summed E-state index contributed by atoms with van der Waals surface area (Å²) in [5.74, 6) is -1.40. The van der Waals surface area contributed by atoms with Crippen molar-refractivity contribution in [3.63, 3.8) is 0 Å². The lowest BCUT2D eigenvalue weighted by atomic mass is 10.1. The molecule has 3 rings (SSSR count). The van der Waals surface area contributed by atoms with E-state index in [0.717, 1.165) is 16.0 Å². The van der Waals surface area contributed by atoms with Crippen molar-refractivity contribution in [1.82, 2.24) is 19.6 Å². The third-order valence-electron chi connectivity index (χ3n) is 4.07. The number of nitrogens with two attached hydrogens (primary N) is 1. The van der Waals surface area contributed by atoms with Crippen LogP contribution in [0.5, 0.6) is 0 Å². The Bertz CT molecular complexity index is 1030. The first-order valence-corrected chi connectivity index (χ1v) is 8.61. The molecule has 2 heterocycles. The minimum Gasteiger partial charge on any atom is -0.382 e. The molecule has 0 bridgehead atoms. The highest BCUT2D eigenvalue weighted by atomic mass is 19.4. The minimum absolute atomic E-state index is 0.142. The van der Waals surface area contributed by atoms with Crippen molar-refractivity contribution < 1.29 is 22.8 Å². The summed E-state index contributed by atoms with van der Waals surface area (Å²) in [5, 5.41) is 1.64. The van der Waals surface area contributed by atoms with Gasteiger partial charge in [-0.3, -0.25) is 0 Å². The fraction of sp³-hybridized carbons (Fsp3) is 0.389. The zero-order valence-corrected chi connectivity index (χ0v) is 15.6. The Morgan fingerprint density at radius 2 is 1.96 bits per heavy atom. The summed E-state index contributed by atoms with van der Waals surface area (Å²) < 4.78 is 39.2. The lowest BCUT2D eigenvalue weighted by molar-refractivity contribution is -0.236. The fourth-order valence-corrected chi connectivity index (χ4v) is 3.01. The van der Waals surface area contributed by atoms with Crippen molar-refractivity contribution in [1.29, 1.82) is 0 Å². The molecule has 0 aliphatic heterocycles. The van der Waals surface area contributed by atoms with Crippen LogP contribution in [0.25, 0.3) is 21.9 Å². The highest BCUT2D eigenvalue weighted by molar-refractivity contribution is 6.06. The first-order valence-electron chi connectivity index (χ1n) is 8.61. The van der Waals surface area contributed by atoms with Crippen LogP contribution in [0, 0.1) is 5.92 Å². The molecule has 3 aromatic rings. The SMILES string of the molecule is CC(C)Cn1c(CN(C)OC(=O)C(F)(F)F)nc2c(N)nc3ccccc3c21. The maximum atomic E-state index is 12.4. The Balaban J connectivity index is 2.08. The fourth-order valence-electron chi connectivity index (χ4n) is 3.01. The number of benzene rings is 1. The van der Waals surface area contributed by atoms with Gasteiger partial charge in [0.25, 0.3) is 0 Å². The highest BCUT2D eigenvalue weighted by Crippen LogP contribution is 2.30. The van der Waals surface area contributed by atoms with Gasteiger partial charge in [0, 0.05) is 19.0 Å². The molecule has 0 aliphatic carbocycles. The van der Waals surface area contributed by atoms with Crippen molar-refractivity contribution in [3.8, 4) is 0 Å². The number of hydroxylamine groups is 2. The average Bonchev–Trinajstić information content (AvgIpc) is 2.92. The second-order valence-corrected chi connectivity index (χ2v) is 6.91. The van der Waals surface area contributed by atoms with Crippen LogP contribution in [-0.2, 0) is 22.7 Å². The number of alkyl halides is 3. The van der Waals surface area contributed by atoms with Crippen LogP contribution in [0.4, 0.5) is 19.0 Å². The summed E-state index contributed by atoms with van der Waals surface area (Å²) >= 11 is 0. The smallest absolute Gasteiger partial charge is 0.382 e. The number of fused-ring (bicyclic) bond motifs is 3. The molecular weight excluding hydrogens is 375 g/mol. The summed E-state index contributed by atoms with van der Waals surface area (Å²) in [4.78, 5) is 24.3. The van der Waals surface area contributed by atoms with Crippen LogP contribution in [-0.4, -0.2) is 38.8 Å². The van der Waals surface area contributed by atoms with Crippen molar-refractivity contribution in [2.75, 3.05) is 12.8 Å². The van der Waals surface area contributed by atoms with Gasteiger partial charge in [-0.2, -0.15) is 13.2 Å². The standard InChI is InChI=1S/C18H20F3N5O2/c1-10(2)8-26-13(9-25(3)28-17(27)18(19,20)21)24-14-15(26)11-6-4-5-7-12(11)23-16(14)22/h4-7,10H,8-9H2,1-3H3,(H2,22,23). The normalized spacial score (nSPS) is 12.4. The van der Waals surface area contributed by atoms with Gasteiger partial charge in [0.05, 0.1) is 17.6 Å². The van der Waals surface area contributed by atoms with Crippen LogP contribution in [0.15, 0.2) is 24.3 Å². The molecule has 0 fully saturated rings. The van der Waals surface area contributed by atoms with E-state index in [-0.39, 0.29) is 18.3 Å². The monoisotopic (exact) mass is 395 g/mol. The number of anilines is 1. The summed E-state index contributed by atoms with van der Waals surface area (Å²) in [7, 11) is 1.24. The van der Waals surface area contributed by atoms with Crippen molar-refractivity contribution in [2.45, 2.75) is 33.1 Å². The van der Waals surface area contributed by atoms with Gasteiger partial charge in [-0.15, -0.1) is 5.06 Å².